The van der Waals surface area contributed by atoms with Crippen LogP contribution in [0.3, 0.4) is 0 Å². The van der Waals surface area contributed by atoms with Gasteiger partial charge in [0.1, 0.15) is 5.75 Å². The zero-order valence-corrected chi connectivity index (χ0v) is 18.9. The van der Waals surface area contributed by atoms with E-state index in [0.29, 0.717) is 12.1 Å². The van der Waals surface area contributed by atoms with E-state index in [1.165, 1.54) is 31.2 Å². The highest BCUT2D eigenvalue weighted by atomic mass is 16.5. The van der Waals surface area contributed by atoms with Gasteiger partial charge in [-0.05, 0) is 63.0 Å². The van der Waals surface area contributed by atoms with Gasteiger partial charge in [0.25, 0.3) is 0 Å². The monoisotopic (exact) mass is 417 g/mol. The number of hydrogen-bond acceptors (Lipinski definition) is 5. The summed E-state index contributed by atoms with van der Waals surface area (Å²) in [6.07, 6.45) is 5.05. The third-order valence-corrected chi connectivity index (χ3v) is 6.36. The lowest BCUT2D eigenvalue weighted by Gasteiger charge is -2.29. The van der Waals surface area contributed by atoms with Crippen LogP contribution in [0.2, 0.25) is 0 Å². The fourth-order valence-electron chi connectivity index (χ4n) is 4.59. The average molecular weight is 418 g/mol. The number of methoxy groups -OCH3 is 2. The summed E-state index contributed by atoms with van der Waals surface area (Å²) in [4.78, 5) is 9.57. The van der Waals surface area contributed by atoms with Gasteiger partial charge in [0.15, 0.2) is 5.96 Å². The highest BCUT2D eigenvalue weighted by Crippen LogP contribution is 2.26. The maximum absolute atomic E-state index is 5.33. The zero-order valence-electron chi connectivity index (χ0n) is 18.9. The number of ether oxygens (including phenoxy) is 2. The summed E-state index contributed by atoms with van der Waals surface area (Å²) < 4.78 is 10.6. The Balaban J connectivity index is 1.55. The van der Waals surface area contributed by atoms with Gasteiger partial charge in [-0.3, -0.25) is 14.8 Å². The van der Waals surface area contributed by atoms with Crippen molar-refractivity contribution < 1.29 is 9.47 Å². The SMILES string of the molecule is CN=C(NCC1CCCN1CCOC)NCC(c1ccc(OC)cc1)N1CCCC1. The molecule has 2 heterocycles. The molecule has 2 unspecified atom stereocenters. The number of hydrogen-bond donors (Lipinski definition) is 2. The molecule has 7 nitrogen and oxygen atoms in total. The first kappa shape index (κ1) is 22.8. The van der Waals surface area contributed by atoms with Crippen LogP contribution in [0.1, 0.15) is 37.3 Å². The fourth-order valence-corrected chi connectivity index (χ4v) is 4.59. The second kappa shape index (κ2) is 12.1. The van der Waals surface area contributed by atoms with Crippen molar-refractivity contribution in [1.29, 1.82) is 0 Å². The number of nitrogens with one attached hydrogen (secondary N) is 2. The van der Waals surface area contributed by atoms with E-state index in [4.69, 9.17) is 9.47 Å². The lowest BCUT2D eigenvalue weighted by atomic mass is 10.1. The predicted molar refractivity (Wildman–Crippen MR) is 122 cm³/mol. The Bertz CT molecular complexity index is 645. The van der Waals surface area contributed by atoms with E-state index < -0.39 is 0 Å². The molecule has 2 saturated heterocycles. The molecule has 2 fully saturated rings. The molecule has 0 amide bonds. The molecule has 0 spiro atoms. The minimum atomic E-state index is 0.335. The Labute approximate surface area is 181 Å². The molecule has 1 aromatic rings. The van der Waals surface area contributed by atoms with Crippen molar-refractivity contribution >= 4 is 5.96 Å². The molecule has 2 atom stereocenters. The minimum Gasteiger partial charge on any atom is -0.497 e. The molecular formula is C23H39N5O2. The molecule has 1 aromatic carbocycles. The summed E-state index contributed by atoms with van der Waals surface area (Å²) in [5.74, 6) is 1.78. The van der Waals surface area contributed by atoms with Crippen LogP contribution in [0.15, 0.2) is 29.3 Å². The van der Waals surface area contributed by atoms with Crippen molar-refractivity contribution in [2.75, 3.05) is 67.1 Å². The number of likely N-dealkylation sites (tertiary alicyclic amines) is 2. The highest BCUT2D eigenvalue weighted by Gasteiger charge is 2.25. The molecular weight excluding hydrogens is 378 g/mol. The van der Waals surface area contributed by atoms with E-state index in [9.17, 15) is 0 Å². The number of benzene rings is 1. The Hall–Kier alpha value is -1.83. The smallest absolute Gasteiger partial charge is 0.191 e. The van der Waals surface area contributed by atoms with Crippen molar-refractivity contribution in [3.05, 3.63) is 29.8 Å². The van der Waals surface area contributed by atoms with Gasteiger partial charge in [0.05, 0.1) is 19.8 Å². The second-order valence-electron chi connectivity index (χ2n) is 8.19. The molecule has 0 saturated carbocycles. The van der Waals surface area contributed by atoms with Crippen LogP contribution < -0.4 is 15.4 Å². The number of rotatable bonds is 10. The summed E-state index contributed by atoms with van der Waals surface area (Å²) in [5.41, 5.74) is 1.32. The van der Waals surface area contributed by atoms with Gasteiger partial charge in [-0.2, -0.15) is 0 Å². The van der Waals surface area contributed by atoms with E-state index in [2.05, 4.69) is 49.7 Å². The zero-order chi connectivity index (χ0) is 21.2. The van der Waals surface area contributed by atoms with Gasteiger partial charge < -0.3 is 20.1 Å². The topological polar surface area (TPSA) is 61.4 Å². The van der Waals surface area contributed by atoms with E-state index in [1.807, 2.05) is 7.05 Å². The average Bonchev–Trinajstić information content (AvgIpc) is 3.47. The lowest BCUT2D eigenvalue weighted by Crippen LogP contribution is -2.47. The molecule has 0 radical (unpaired) electrons. The largest absolute Gasteiger partial charge is 0.497 e. The second-order valence-corrected chi connectivity index (χ2v) is 8.19. The van der Waals surface area contributed by atoms with Crippen molar-refractivity contribution in [1.82, 2.24) is 20.4 Å². The first-order chi connectivity index (χ1) is 14.7. The summed E-state index contributed by atoms with van der Waals surface area (Å²) in [7, 11) is 5.34. The Kier molecular flexibility index (Phi) is 9.24. The third kappa shape index (κ3) is 6.33. The molecule has 0 bridgehead atoms. The predicted octanol–water partition coefficient (Wildman–Crippen LogP) is 2.11. The van der Waals surface area contributed by atoms with Crippen molar-refractivity contribution in [3.8, 4) is 5.75 Å². The minimum absolute atomic E-state index is 0.335. The molecule has 3 rings (SSSR count). The van der Waals surface area contributed by atoms with Crippen molar-refractivity contribution in [2.45, 2.75) is 37.8 Å². The maximum atomic E-state index is 5.33. The normalized spacial score (nSPS) is 21.7. The number of aliphatic imine (C=N–C) groups is 1. The third-order valence-electron chi connectivity index (χ3n) is 6.36. The molecule has 0 aromatic heterocycles. The van der Waals surface area contributed by atoms with Crippen LogP contribution in [-0.4, -0.2) is 88.9 Å². The van der Waals surface area contributed by atoms with Gasteiger partial charge in [-0.1, -0.05) is 12.1 Å². The van der Waals surface area contributed by atoms with Crippen molar-refractivity contribution in [2.24, 2.45) is 4.99 Å². The van der Waals surface area contributed by atoms with Gasteiger partial charge in [0.2, 0.25) is 0 Å². The highest BCUT2D eigenvalue weighted by molar-refractivity contribution is 5.79. The van der Waals surface area contributed by atoms with Gasteiger partial charge in [-0.25, -0.2) is 0 Å². The molecule has 2 aliphatic heterocycles. The van der Waals surface area contributed by atoms with E-state index >= 15 is 0 Å². The van der Waals surface area contributed by atoms with E-state index in [0.717, 1.165) is 57.6 Å². The van der Waals surface area contributed by atoms with Crippen LogP contribution in [0, 0.1) is 0 Å². The fraction of sp³-hybridized carbons (Fsp3) is 0.696. The first-order valence-corrected chi connectivity index (χ1v) is 11.3. The van der Waals surface area contributed by atoms with Crippen LogP contribution in [0.4, 0.5) is 0 Å². The number of nitrogens with zero attached hydrogens (tertiary/aromatic N) is 3. The Morgan fingerprint density at radius 1 is 1.10 bits per heavy atom. The van der Waals surface area contributed by atoms with Crippen LogP contribution in [0.25, 0.3) is 0 Å². The van der Waals surface area contributed by atoms with E-state index in [1.54, 1.807) is 14.2 Å². The standard InChI is InChI=1S/C23H39N5O2/c1-24-23(25-17-20-7-6-14-27(20)15-16-29-2)26-18-22(28-12-4-5-13-28)19-8-10-21(30-3)11-9-19/h8-11,20,22H,4-7,12-18H2,1-3H3,(H2,24,25,26). The molecule has 168 valence electrons. The summed E-state index contributed by atoms with van der Waals surface area (Å²) >= 11 is 0. The Morgan fingerprint density at radius 2 is 1.87 bits per heavy atom. The lowest BCUT2D eigenvalue weighted by molar-refractivity contribution is 0.141. The van der Waals surface area contributed by atoms with Crippen LogP contribution >= 0.6 is 0 Å². The molecule has 2 aliphatic rings. The maximum Gasteiger partial charge on any atom is 0.191 e. The van der Waals surface area contributed by atoms with Gasteiger partial charge in [0, 0.05) is 39.8 Å². The number of guanidine groups is 1. The molecule has 0 aliphatic carbocycles. The van der Waals surface area contributed by atoms with Gasteiger partial charge in [-0.15, -0.1) is 0 Å². The Morgan fingerprint density at radius 3 is 2.53 bits per heavy atom. The summed E-state index contributed by atoms with van der Waals surface area (Å²) in [6, 6.07) is 9.37. The van der Waals surface area contributed by atoms with Gasteiger partial charge >= 0.3 is 0 Å². The quantitative estimate of drug-likeness (QED) is 0.449. The van der Waals surface area contributed by atoms with E-state index in [-0.39, 0.29) is 0 Å². The molecule has 7 heteroatoms. The van der Waals surface area contributed by atoms with Crippen LogP contribution in [0.5, 0.6) is 5.75 Å². The first-order valence-electron chi connectivity index (χ1n) is 11.3. The summed E-state index contributed by atoms with van der Waals surface area (Å²) in [6.45, 7) is 7.02. The van der Waals surface area contributed by atoms with Crippen LogP contribution in [-0.2, 0) is 4.74 Å². The molecule has 30 heavy (non-hydrogen) atoms. The molecule has 2 N–H and O–H groups in total. The van der Waals surface area contributed by atoms with Crippen molar-refractivity contribution in [3.63, 3.8) is 0 Å². The summed E-state index contributed by atoms with van der Waals surface area (Å²) in [5, 5.41) is 7.13.